The predicted octanol–water partition coefficient (Wildman–Crippen LogP) is 2.96. The van der Waals surface area contributed by atoms with Crippen molar-refractivity contribution in [1.29, 1.82) is 0 Å². The third kappa shape index (κ3) is 5.03. The third-order valence-electron chi connectivity index (χ3n) is 4.94. The standard InChI is InChI=1S/C19H28N4O3/c24-18(22-14-16-8-4-13-26-16)20-10-5-11-21-19(25)23-12-3-7-15-6-1-2-9-17(15)23/h4,8-9,13,15H,1-3,5-7,10-12,14H2,(H,21,25)(H2,20,22,24). The first-order chi connectivity index (χ1) is 12.7. The van der Waals surface area contributed by atoms with Gasteiger partial charge in [-0.15, -0.1) is 0 Å². The number of hydrogen-bond acceptors (Lipinski definition) is 3. The molecule has 0 bridgehead atoms. The van der Waals surface area contributed by atoms with E-state index in [1.54, 1.807) is 12.3 Å². The van der Waals surface area contributed by atoms with Gasteiger partial charge in [-0.25, -0.2) is 9.59 Å². The topological polar surface area (TPSA) is 86.6 Å². The van der Waals surface area contributed by atoms with Crippen LogP contribution >= 0.6 is 0 Å². The first kappa shape index (κ1) is 18.4. The summed E-state index contributed by atoms with van der Waals surface area (Å²) in [7, 11) is 0. The molecule has 2 heterocycles. The van der Waals surface area contributed by atoms with Crippen LogP contribution in [-0.2, 0) is 6.54 Å². The van der Waals surface area contributed by atoms with Crippen molar-refractivity contribution >= 4 is 12.1 Å². The van der Waals surface area contributed by atoms with Crippen LogP contribution in [0.4, 0.5) is 9.59 Å². The van der Waals surface area contributed by atoms with Crippen molar-refractivity contribution in [3.63, 3.8) is 0 Å². The molecule has 0 saturated carbocycles. The average molecular weight is 360 g/mol. The van der Waals surface area contributed by atoms with Gasteiger partial charge in [0.2, 0.25) is 0 Å². The number of piperidine rings is 1. The average Bonchev–Trinajstić information content (AvgIpc) is 3.19. The Bertz CT molecular complexity index is 627. The molecule has 7 nitrogen and oxygen atoms in total. The van der Waals surface area contributed by atoms with Crippen LogP contribution in [0.3, 0.4) is 0 Å². The summed E-state index contributed by atoms with van der Waals surface area (Å²) in [5, 5.41) is 8.47. The SMILES string of the molecule is O=C(NCCCNC(=O)N1CCCC2CCCC=C21)NCc1ccco1. The molecule has 3 rings (SSSR count). The van der Waals surface area contributed by atoms with E-state index in [0.29, 0.717) is 37.7 Å². The van der Waals surface area contributed by atoms with Gasteiger partial charge in [-0.1, -0.05) is 6.08 Å². The lowest BCUT2D eigenvalue weighted by Gasteiger charge is -2.37. The molecule has 0 radical (unpaired) electrons. The minimum atomic E-state index is -0.237. The van der Waals surface area contributed by atoms with Gasteiger partial charge in [0.1, 0.15) is 5.76 Å². The molecule has 142 valence electrons. The molecule has 1 saturated heterocycles. The first-order valence-electron chi connectivity index (χ1n) is 9.53. The minimum Gasteiger partial charge on any atom is -0.467 e. The molecule has 1 aromatic heterocycles. The monoisotopic (exact) mass is 360 g/mol. The molecule has 1 aromatic rings. The molecule has 1 unspecified atom stereocenters. The Morgan fingerprint density at radius 2 is 2.00 bits per heavy atom. The van der Waals surface area contributed by atoms with E-state index in [-0.39, 0.29) is 12.1 Å². The lowest BCUT2D eigenvalue weighted by atomic mass is 9.85. The van der Waals surface area contributed by atoms with Gasteiger partial charge in [-0.3, -0.25) is 4.90 Å². The van der Waals surface area contributed by atoms with Gasteiger partial charge in [0.05, 0.1) is 12.8 Å². The van der Waals surface area contributed by atoms with Crippen molar-refractivity contribution in [3.05, 3.63) is 35.9 Å². The summed E-state index contributed by atoms with van der Waals surface area (Å²) in [6.45, 7) is 2.23. The van der Waals surface area contributed by atoms with Crippen molar-refractivity contribution in [2.45, 2.75) is 45.1 Å². The second-order valence-electron chi connectivity index (χ2n) is 6.82. The number of carbonyl (C=O) groups is 2. The number of nitrogens with zero attached hydrogens (tertiary/aromatic N) is 1. The molecule has 26 heavy (non-hydrogen) atoms. The zero-order valence-electron chi connectivity index (χ0n) is 15.1. The second-order valence-corrected chi connectivity index (χ2v) is 6.82. The lowest BCUT2D eigenvalue weighted by Crippen LogP contribution is -2.45. The molecule has 7 heteroatoms. The minimum absolute atomic E-state index is 0.00915. The first-order valence-corrected chi connectivity index (χ1v) is 9.53. The Morgan fingerprint density at radius 1 is 1.15 bits per heavy atom. The quantitative estimate of drug-likeness (QED) is 0.682. The van der Waals surface area contributed by atoms with Crippen molar-refractivity contribution in [2.24, 2.45) is 5.92 Å². The molecule has 1 fully saturated rings. The van der Waals surface area contributed by atoms with E-state index in [2.05, 4.69) is 22.0 Å². The van der Waals surface area contributed by atoms with Gasteiger partial charge in [0.15, 0.2) is 0 Å². The lowest BCUT2D eigenvalue weighted by molar-refractivity contribution is 0.187. The summed E-state index contributed by atoms with van der Waals surface area (Å²) in [6.07, 6.45) is 10.3. The summed E-state index contributed by atoms with van der Waals surface area (Å²) in [4.78, 5) is 26.0. The van der Waals surface area contributed by atoms with E-state index >= 15 is 0 Å². The number of likely N-dealkylation sites (tertiary alicyclic amines) is 1. The van der Waals surface area contributed by atoms with Crippen molar-refractivity contribution in [1.82, 2.24) is 20.9 Å². The number of rotatable bonds is 6. The zero-order valence-corrected chi connectivity index (χ0v) is 15.1. The second kappa shape index (κ2) is 9.31. The summed E-state index contributed by atoms with van der Waals surface area (Å²) in [5.74, 6) is 1.27. The summed E-state index contributed by atoms with van der Waals surface area (Å²) in [5.41, 5.74) is 1.22. The number of fused-ring (bicyclic) bond motifs is 1. The van der Waals surface area contributed by atoms with Crippen LogP contribution < -0.4 is 16.0 Å². The largest absolute Gasteiger partial charge is 0.467 e. The highest BCUT2D eigenvalue weighted by Gasteiger charge is 2.29. The highest BCUT2D eigenvalue weighted by molar-refractivity contribution is 5.76. The van der Waals surface area contributed by atoms with Crippen LogP contribution in [0.25, 0.3) is 0 Å². The van der Waals surface area contributed by atoms with Gasteiger partial charge in [-0.2, -0.15) is 0 Å². The van der Waals surface area contributed by atoms with Crippen LogP contribution in [0, 0.1) is 5.92 Å². The zero-order chi connectivity index (χ0) is 18.2. The third-order valence-corrected chi connectivity index (χ3v) is 4.94. The van der Waals surface area contributed by atoms with E-state index in [9.17, 15) is 9.59 Å². The highest BCUT2D eigenvalue weighted by atomic mass is 16.3. The molecule has 0 spiro atoms. The fraction of sp³-hybridized carbons (Fsp3) is 0.579. The fourth-order valence-electron chi connectivity index (χ4n) is 3.62. The molecule has 4 amide bonds. The summed E-state index contributed by atoms with van der Waals surface area (Å²) >= 11 is 0. The molecule has 3 N–H and O–H groups in total. The van der Waals surface area contributed by atoms with Crippen LogP contribution in [0.1, 0.15) is 44.3 Å². The molecule has 0 aromatic carbocycles. The fourth-order valence-corrected chi connectivity index (χ4v) is 3.62. The van der Waals surface area contributed by atoms with E-state index in [4.69, 9.17) is 4.42 Å². The van der Waals surface area contributed by atoms with Crippen LogP contribution in [0.5, 0.6) is 0 Å². The van der Waals surface area contributed by atoms with Gasteiger partial charge < -0.3 is 20.4 Å². The Balaban J connectivity index is 1.30. The van der Waals surface area contributed by atoms with Crippen LogP contribution in [-0.4, -0.2) is 36.6 Å². The Kier molecular flexibility index (Phi) is 6.57. The normalized spacial score (nSPS) is 19.3. The van der Waals surface area contributed by atoms with Gasteiger partial charge >= 0.3 is 12.1 Å². The van der Waals surface area contributed by atoms with Crippen molar-refractivity contribution in [2.75, 3.05) is 19.6 Å². The smallest absolute Gasteiger partial charge is 0.321 e. The number of hydrogen-bond donors (Lipinski definition) is 3. The van der Waals surface area contributed by atoms with Gasteiger partial charge in [-0.05, 0) is 56.6 Å². The Hall–Kier alpha value is -2.44. The van der Waals surface area contributed by atoms with Gasteiger partial charge in [0.25, 0.3) is 0 Å². The summed E-state index contributed by atoms with van der Waals surface area (Å²) in [6, 6.07) is 3.35. The highest BCUT2D eigenvalue weighted by Crippen LogP contribution is 2.34. The molecule has 2 aliphatic rings. The molecule has 1 aliphatic carbocycles. The maximum atomic E-state index is 12.4. The van der Waals surface area contributed by atoms with E-state index < -0.39 is 0 Å². The molecule has 1 atom stereocenters. The maximum absolute atomic E-state index is 12.4. The maximum Gasteiger partial charge on any atom is 0.321 e. The molecular formula is C19H28N4O3. The number of carbonyl (C=O) groups excluding carboxylic acids is 2. The predicted molar refractivity (Wildman–Crippen MR) is 98.3 cm³/mol. The van der Waals surface area contributed by atoms with Crippen LogP contribution in [0.15, 0.2) is 34.6 Å². The van der Waals surface area contributed by atoms with Crippen molar-refractivity contribution in [3.8, 4) is 0 Å². The van der Waals surface area contributed by atoms with E-state index in [1.165, 1.54) is 25.0 Å². The van der Waals surface area contributed by atoms with E-state index in [0.717, 1.165) is 19.4 Å². The van der Waals surface area contributed by atoms with Crippen LogP contribution in [0.2, 0.25) is 0 Å². The number of furan rings is 1. The van der Waals surface area contributed by atoms with E-state index in [1.807, 2.05) is 11.0 Å². The number of nitrogens with one attached hydrogen (secondary N) is 3. The van der Waals surface area contributed by atoms with Gasteiger partial charge in [0, 0.05) is 25.3 Å². The molecule has 1 aliphatic heterocycles. The Labute approximate surface area is 154 Å². The number of urea groups is 2. The molecular weight excluding hydrogens is 332 g/mol. The Morgan fingerprint density at radius 3 is 2.85 bits per heavy atom. The summed E-state index contributed by atoms with van der Waals surface area (Å²) < 4.78 is 5.15. The number of amides is 4. The van der Waals surface area contributed by atoms with Crippen molar-refractivity contribution < 1.29 is 14.0 Å². The number of allylic oxidation sites excluding steroid dienone is 2.